The number of carbonyl (C=O) groups excluding carboxylic acids is 3. The maximum absolute atomic E-state index is 12.9. The number of fused-ring (bicyclic) bond motifs is 3. The number of hydrogen-bond acceptors (Lipinski definition) is 4. The lowest BCUT2D eigenvalue weighted by atomic mass is 9.48. The average Bonchev–Trinajstić information content (AvgIpc) is 2.76. The van der Waals surface area contributed by atoms with Crippen molar-refractivity contribution in [3.05, 3.63) is 0 Å². The molecule has 0 radical (unpaired) electrons. The highest BCUT2D eigenvalue weighted by atomic mass is 16.4. The highest BCUT2D eigenvalue weighted by molar-refractivity contribution is 5.99. The Hall–Kier alpha value is -1.52. The van der Waals surface area contributed by atoms with Crippen LogP contribution in [0.1, 0.15) is 58.8 Å². The molecule has 0 spiro atoms. The van der Waals surface area contributed by atoms with Crippen LogP contribution in [0.3, 0.4) is 0 Å². The molecule has 3 fully saturated rings. The molecule has 3 aliphatic rings. The summed E-state index contributed by atoms with van der Waals surface area (Å²) < 4.78 is 0. The van der Waals surface area contributed by atoms with E-state index >= 15 is 0 Å². The predicted molar refractivity (Wildman–Crippen MR) is 81.7 cm³/mol. The van der Waals surface area contributed by atoms with E-state index in [2.05, 4.69) is 0 Å². The molecule has 1 N–H and O–H groups in total. The molecule has 5 heteroatoms. The van der Waals surface area contributed by atoms with Crippen LogP contribution in [0.5, 0.6) is 0 Å². The highest BCUT2D eigenvalue weighted by Crippen LogP contribution is 2.60. The fourth-order valence-electron chi connectivity index (χ4n) is 5.57. The third kappa shape index (κ3) is 2.27. The number of carboxylic acid groups (broad SMARTS) is 1. The third-order valence-corrected chi connectivity index (χ3v) is 6.86. The van der Waals surface area contributed by atoms with Gasteiger partial charge in [-0.1, -0.05) is 13.8 Å². The van der Waals surface area contributed by atoms with Crippen LogP contribution in [-0.2, 0) is 19.2 Å². The van der Waals surface area contributed by atoms with Crippen LogP contribution in [0.2, 0.25) is 0 Å². The Morgan fingerprint density at radius 2 is 1.78 bits per heavy atom. The summed E-state index contributed by atoms with van der Waals surface area (Å²) in [6.07, 6.45) is 2.71. The molecule has 0 heterocycles. The second-order valence-electron chi connectivity index (χ2n) is 8.04. The summed E-state index contributed by atoms with van der Waals surface area (Å²) in [5, 5.41) is 8.99. The van der Waals surface area contributed by atoms with E-state index in [9.17, 15) is 19.2 Å². The van der Waals surface area contributed by atoms with Crippen molar-refractivity contribution in [1.82, 2.24) is 0 Å². The first-order valence-corrected chi connectivity index (χ1v) is 8.51. The Bertz CT molecular complexity index is 594. The highest BCUT2D eigenvalue weighted by Gasteiger charge is 2.62. The van der Waals surface area contributed by atoms with E-state index in [0.29, 0.717) is 19.3 Å². The van der Waals surface area contributed by atoms with Gasteiger partial charge in [-0.05, 0) is 31.1 Å². The van der Waals surface area contributed by atoms with Gasteiger partial charge in [-0.2, -0.15) is 0 Å². The summed E-state index contributed by atoms with van der Waals surface area (Å²) in [4.78, 5) is 48.7. The molecule has 23 heavy (non-hydrogen) atoms. The average molecular weight is 320 g/mol. The molecular weight excluding hydrogens is 296 g/mol. The SMILES string of the molecule is CC12CC(=O)[C@H]3[C@@H](CCC(=O)[C@]3(C)CCC(=O)O)[C@@H]1CCC2=O. The molecule has 5 atom stereocenters. The fourth-order valence-corrected chi connectivity index (χ4v) is 5.57. The molecule has 126 valence electrons. The van der Waals surface area contributed by atoms with Crippen LogP contribution < -0.4 is 0 Å². The van der Waals surface area contributed by atoms with Crippen molar-refractivity contribution in [3.8, 4) is 0 Å². The Labute approximate surface area is 135 Å². The minimum Gasteiger partial charge on any atom is -0.481 e. The monoisotopic (exact) mass is 320 g/mol. The lowest BCUT2D eigenvalue weighted by Crippen LogP contribution is -2.56. The van der Waals surface area contributed by atoms with Gasteiger partial charge in [0.05, 0.1) is 0 Å². The predicted octanol–water partition coefficient (Wildman–Crippen LogP) is 2.41. The fraction of sp³-hybridized carbons (Fsp3) is 0.778. The zero-order valence-corrected chi connectivity index (χ0v) is 13.8. The van der Waals surface area contributed by atoms with Crippen LogP contribution in [0, 0.1) is 28.6 Å². The number of rotatable bonds is 3. The topological polar surface area (TPSA) is 88.5 Å². The second-order valence-corrected chi connectivity index (χ2v) is 8.04. The van der Waals surface area contributed by atoms with Gasteiger partial charge in [0.25, 0.3) is 0 Å². The summed E-state index contributed by atoms with van der Waals surface area (Å²) in [5.41, 5.74) is -1.45. The van der Waals surface area contributed by atoms with E-state index in [1.54, 1.807) is 6.92 Å². The van der Waals surface area contributed by atoms with Crippen molar-refractivity contribution in [2.24, 2.45) is 28.6 Å². The van der Waals surface area contributed by atoms with Crippen molar-refractivity contribution >= 4 is 23.3 Å². The summed E-state index contributed by atoms with van der Waals surface area (Å²) in [7, 11) is 0. The number of hydrogen-bond donors (Lipinski definition) is 1. The first-order chi connectivity index (χ1) is 10.7. The van der Waals surface area contributed by atoms with Crippen LogP contribution in [0.25, 0.3) is 0 Å². The number of carboxylic acids is 1. The van der Waals surface area contributed by atoms with Gasteiger partial charge in [-0.15, -0.1) is 0 Å². The Balaban J connectivity index is 1.96. The van der Waals surface area contributed by atoms with Gasteiger partial charge in [0.1, 0.15) is 17.3 Å². The summed E-state index contributed by atoms with van der Waals surface area (Å²) in [6.45, 7) is 3.68. The maximum atomic E-state index is 12.9. The molecule has 3 aliphatic carbocycles. The lowest BCUT2D eigenvalue weighted by Gasteiger charge is -2.52. The Morgan fingerprint density at radius 1 is 1.13 bits per heavy atom. The molecule has 3 rings (SSSR count). The number of ketones is 3. The quantitative estimate of drug-likeness (QED) is 0.862. The normalized spacial score (nSPS) is 43.2. The minimum atomic E-state index is -0.940. The third-order valence-electron chi connectivity index (χ3n) is 6.86. The molecule has 0 aliphatic heterocycles. The van der Waals surface area contributed by atoms with Crippen LogP contribution >= 0.6 is 0 Å². The van der Waals surface area contributed by atoms with Crippen molar-refractivity contribution in [3.63, 3.8) is 0 Å². The molecule has 0 aromatic heterocycles. The Kier molecular flexibility index (Phi) is 3.73. The largest absolute Gasteiger partial charge is 0.481 e. The first kappa shape index (κ1) is 16.3. The van der Waals surface area contributed by atoms with Gasteiger partial charge >= 0.3 is 5.97 Å². The van der Waals surface area contributed by atoms with Gasteiger partial charge < -0.3 is 5.11 Å². The molecule has 3 saturated carbocycles. The number of Topliss-reactive ketones (excluding diaryl/α,β-unsaturated/α-hetero) is 3. The second kappa shape index (κ2) is 5.25. The molecule has 5 nitrogen and oxygen atoms in total. The van der Waals surface area contributed by atoms with Crippen LogP contribution in [0.4, 0.5) is 0 Å². The van der Waals surface area contributed by atoms with E-state index in [4.69, 9.17) is 5.11 Å². The van der Waals surface area contributed by atoms with Gasteiger partial charge in [-0.3, -0.25) is 19.2 Å². The molecule has 1 unspecified atom stereocenters. The van der Waals surface area contributed by atoms with Gasteiger partial charge in [-0.25, -0.2) is 0 Å². The van der Waals surface area contributed by atoms with Crippen LogP contribution in [-0.4, -0.2) is 28.4 Å². The number of carbonyl (C=O) groups is 4. The van der Waals surface area contributed by atoms with Crippen molar-refractivity contribution in [2.45, 2.75) is 58.8 Å². The van der Waals surface area contributed by atoms with E-state index in [0.717, 1.165) is 6.42 Å². The number of aliphatic carboxylic acids is 1. The van der Waals surface area contributed by atoms with E-state index in [1.807, 2.05) is 6.92 Å². The van der Waals surface area contributed by atoms with Gasteiger partial charge in [0.15, 0.2) is 0 Å². The van der Waals surface area contributed by atoms with E-state index in [-0.39, 0.29) is 48.4 Å². The van der Waals surface area contributed by atoms with E-state index < -0.39 is 22.7 Å². The minimum absolute atomic E-state index is 0.00932. The standard InChI is InChI=1S/C18H24O5/c1-17(8-7-15(22)23)13(20)5-3-10-11-4-6-14(21)18(11,2)9-12(19)16(10)17/h10-11,16H,3-9H2,1-2H3,(H,22,23)/t10-,11-,16+,17-,18?/m0/s1. The molecule has 0 aromatic carbocycles. The van der Waals surface area contributed by atoms with Gasteiger partial charge in [0, 0.05) is 42.4 Å². The molecular formula is C18H24O5. The van der Waals surface area contributed by atoms with Gasteiger partial charge in [0.2, 0.25) is 0 Å². The lowest BCUT2D eigenvalue weighted by molar-refractivity contribution is -0.160. The zero-order valence-electron chi connectivity index (χ0n) is 13.8. The maximum Gasteiger partial charge on any atom is 0.303 e. The summed E-state index contributed by atoms with van der Waals surface area (Å²) in [5.74, 6) is -0.957. The van der Waals surface area contributed by atoms with Crippen molar-refractivity contribution in [1.29, 1.82) is 0 Å². The smallest absolute Gasteiger partial charge is 0.303 e. The molecule has 0 saturated heterocycles. The molecule has 0 amide bonds. The summed E-state index contributed by atoms with van der Waals surface area (Å²) in [6, 6.07) is 0. The Morgan fingerprint density at radius 3 is 2.43 bits per heavy atom. The zero-order chi connectivity index (χ0) is 17.0. The van der Waals surface area contributed by atoms with Crippen molar-refractivity contribution < 1.29 is 24.3 Å². The molecule has 0 bridgehead atoms. The molecule has 0 aromatic rings. The van der Waals surface area contributed by atoms with Crippen LogP contribution in [0.15, 0.2) is 0 Å². The van der Waals surface area contributed by atoms with Crippen molar-refractivity contribution in [2.75, 3.05) is 0 Å². The van der Waals surface area contributed by atoms with E-state index in [1.165, 1.54) is 0 Å². The summed E-state index contributed by atoms with van der Waals surface area (Å²) >= 11 is 0. The first-order valence-electron chi connectivity index (χ1n) is 8.51.